The van der Waals surface area contributed by atoms with Crippen molar-refractivity contribution in [1.29, 1.82) is 0 Å². The second-order valence-corrected chi connectivity index (χ2v) is 4.45. The Kier molecular flexibility index (Phi) is 6.03. The molecular formula is C11H22N2O3. The van der Waals surface area contributed by atoms with Gasteiger partial charge in [-0.15, -0.1) is 0 Å². The van der Waals surface area contributed by atoms with E-state index < -0.39 is 11.4 Å². The standard InChI is InChI=1S/C11H22N2O3/c1-5-12-9(14)7-13(6-2)8-11(3,4)10(15)16/h5-8H2,1-4H3,(H,12,14)(H,15,16). The first-order valence-corrected chi connectivity index (χ1v) is 5.56. The molecule has 5 heteroatoms. The van der Waals surface area contributed by atoms with Gasteiger partial charge in [-0.25, -0.2) is 0 Å². The maximum Gasteiger partial charge on any atom is 0.310 e. The molecule has 0 unspecified atom stereocenters. The maximum absolute atomic E-state index is 11.4. The van der Waals surface area contributed by atoms with Gasteiger partial charge in [-0.05, 0) is 27.3 Å². The highest BCUT2D eigenvalue weighted by molar-refractivity contribution is 5.78. The summed E-state index contributed by atoms with van der Waals surface area (Å²) in [5, 5.41) is 11.7. The molecule has 0 radical (unpaired) electrons. The van der Waals surface area contributed by atoms with E-state index in [4.69, 9.17) is 5.11 Å². The molecule has 0 saturated carbocycles. The summed E-state index contributed by atoms with van der Waals surface area (Å²) < 4.78 is 0. The van der Waals surface area contributed by atoms with Gasteiger partial charge in [0.05, 0.1) is 12.0 Å². The molecule has 5 nitrogen and oxygen atoms in total. The number of nitrogens with one attached hydrogen (secondary N) is 1. The number of carbonyl (C=O) groups is 2. The van der Waals surface area contributed by atoms with Gasteiger partial charge >= 0.3 is 5.97 Å². The third-order valence-corrected chi connectivity index (χ3v) is 2.39. The van der Waals surface area contributed by atoms with Crippen LogP contribution in [0.25, 0.3) is 0 Å². The monoisotopic (exact) mass is 230 g/mol. The number of hydrogen-bond donors (Lipinski definition) is 2. The molecule has 0 spiro atoms. The van der Waals surface area contributed by atoms with E-state index >= 15 is 0 Å². The second-order valence-electron chi connectivity index (χ2n) is 4.45. The van der Waals surface area contributed by atoms with Gasteiger partial charge in [0.1, 0.15) is 0 Å². The smallest absolute Gasteiger partial charge is 0.310 e. The van der Waals surface area contributed by atoms with Gasteiger partial charge in [-0.2, -0.15) is 0 Å². The van der Waals surface area contributed by atoms with Crippen LogP contribution >= 0.6 is 0 Å². The Hall–Kier alpha value is -1.10. The third kappa shape index (κ3) is 5.11. The molecule has 0 saturated heterocycles. The van der Waals surface area contributed by atoms with Crippen molar-refractivity contribution in [3.63, 3.8) is 0 Å². The summed E-state index contributed by atoms with van der Waals surface area (Å²) in [5.41, 5.74) is -0.831. The topological polar surface area (TPSA) is 69.6 Å². The molecule has 0 aliphatic rings. The van der Waals surface area contributed by atoms with E-state index in [1.807, 2.05) is 18.7 Å². The van der Waals surface area contributed by atoms with Gasteiger partial charge in [0.15, 0.2) is 0 Å². The minimum Gasteiger partial charge on any atom is -0.481 e. The average Bonchev–Trinajstić information content (AvgIpc) is 2.16. The molecule has 0 bridgehead atoms. The number of carboxylic acid groups (broad SMARTS) is 1. The van der Waals surface area contributed by atoms with E-state index in [-0.39, 0.29) is 12.5 Å². The number of carboxylic acids is 1. The first kappa shape index (κ1) is 14.9. The minimum absolute atomic E-state index is 0.0643. The number of hydrogen-bond acceptors (Lipinski definition) is 3. The molecule has 0 aliphatic carbocycles. The van der Waals surface area contributed by atoms with Crippen LogP contribution in [0.4, 0.5) is 0 Å². The summed E-state index contributed by atoms with van der Waals surface area (Å²) in [6.45, 7) is 8.97. The fourth-order valence-corrected chi connectivity index (χ4v) is 1.36. The van der Waals surface area contributed by atoms with Gasteiger partial charge in [0.2, 0.25) is 5.91 Å². The van der Waals surface area contributed by atoms with Crippen LogP contribution in [-0.2, 0) is 9.59 Å². The summed E-state index contributed by atoms with van der Waals surface area (Å²) >= 11 is 0. The van der Waals surface area contributed by atoms with Gasteiger partial charge in [-0.1, -0.05) is 6.92 Å². The molecule has 0 fully saturated rings. The predicted molar refractivity (Wildman–Crippen MR) is 62.2 cm³/mol. The summed E-state index contributed by atoms with van der Waals surface area (Å²) in [5.74, 6) is -0.910. The molecule has 0 aromatic rings. The highest BCUT2D eigenvalue weighted by Crippen LogP contribution is 2.16. The van der Waals surface area contributed by atoms with E-state index in [1.54, 1.807) is 13.8 Å². The van der Waals surface area contributed by atoms with Crippen LogP contribution in [0, 0.1) is 5.41 Å². The zero-order chi connectivity index (χ0) is 12.8. The minimum atomic E-state index is -0.846. The molecule has 2 N–H and O–H groups in total. The SMILES string of the molecule is CCNC(=O)CN(CC)CC(C)(C)C(=O)O. The van der Waals surface area contributed by atoms with Crippen molar-refractivity contribution in [2.24, 2.45) is 5.41 Å². The lowest BCUT2D eigenvalue weighted by molar-refractivity contribution is -0.148. The van der Waals surface area contributed by atoms with E-state index in [1.165, 1.54) is 0 Å². The molecule has 16 heavy (non-hydrogen) atoms. The normalized spacial score (nSPS) is 11.6. The van der Waals surface area contributed by atoms with Crippen molar-refractivity contribution < 1.29 is 14.7 Å². The van der Waals surface area contributed by atoms with Gasteiger partial charge in [0.25, 0.3) is 0 Å². The molecule has 0 rings (SSSR count). The molecule has 0 heterocycles. The number of aliphatic carboxylic acids is 1. The number of nitrogens with zero attached hydrogens (tertiary/aromatic N) is 1. The fourth-order valence-electron chi connectivity index (χ4n) is 1.36. The fraction of sp³-hybridized carbons (Fsp3) is 0.818. The first-order valence-electron chi connectivity index (χ1n) is 5.56. The molecule has 0 aromatic carbocycles. The number of rotatable bonds is 7. The Morgan fingerprint density at radius 1 is 1.31 bits per heavy atom. The van der Waals surface area contributed by atoms with Gasteiger partial charge < -0.3 is 10.4 Å². The van der Waals surface area contributed by atoms with E-state index in [0.29, 0.717) is 19.6 Å². The lowest BCUT2D eigenvalue weighted by Gasteiger charge is -2.28. The van der Waals surface area contributed by atoms with Gasteiger partial charge in [0, 0.05) is 13.1 Å². The molecule has 94 valence electrons. The van der Waals surface area contributed by atoms with Crippen LogP contribution in [0.2, 0.25) is 0 Å². The largest absolute Gasteiger partial charge is 0.481 e. The van der Waals surface area contributed by atoms with Crippen molar-refractivity contribution in [2.45, 2.75) is 27.7 Å². The van der Waals surface area contributed by atoms with Crippen LogP contribution < -0.4 is 5.32 Å². The highest BCUT2D eigenvalue weighted by atomic mass is 16.4. The zero-order valence-electron chi connectivity index (χ0n) is 10.5. The van der Waals surface area contributed by atoms with E-state index in [0.717, 1.165) is 0 Å². The van der Waals surface area contributed by atoms with Crippen molar-refractivity contribution in [3.8, 4) is 0 Å². The summed E-state index contributed by atoms with van der Waals surface area (Å²) in [6.07, 6.45) is 0. The first-order chi connectivity index (χ1) is 7.33. The quantitative estimate of drug-likeness (QED) is 0.670. The zero-order valence-corrected chi connectivity index (χ0v) is 10.5. The number of likely N-dealkylation sites (N-methyl/N-ethyl adjacent to an activating group) is 2. The van der Waals surface area contributed by atoms with Crippen molar-refractivity contribution in [2.75, 3.05) is 26.2 Å². The Balaban J connectivity index is 4.30. The Bertz CT molecular complexity index is 252. The molecule has 1 amide bonds. The van der Waals surface area contributed by atoms with Crippen LogP contribution in [0.3, 0.4) is 0 Å². The van der Waals surface area contributed by atoms with Crippen molar-refractivity contribution in [3.05, 3.63) is 0 Å². The highest BCUT2D eigenvalue weighted by Gasteiger charge is 2.29. The van der Waals surface area contributed by atoms with Crippen LogP contribution in [-0.4, -0.2) is 48.1 Å². The van der Waals surface area contributed by atoms with Crippen LogP contribution in [0.5, 0.6) is 0 Å². The van der Waals surface area contributed by atoms with E-state index in [9.17, 15) is 9.59 Å². The van der Waals surface area contributed by atoms with Crippen molar-refractivity contribution >= 4 is 11.9 Å². The second kappa shape index (κ2) is 6.48. The Morgan fingerprint density at radius 2 is 1.88 bits per heavy atom. The molecular weight excluding hydrogens is 208 g/mol. The summed E-state index contributed by atoms with van der Waals surface area (Å²) in [7, 11) is 0. The van der Waals surface area contributed by atoms with Gasteiger partial charge in [-0.3, -0.25) is 14.5 Å². The number of amides is 1. The predicted octanol–water partition coefficient (Wildman–Crippen LogP) is 0.555. The van der Waals surface area contributed by atoms with Crippen LogP contribution in [0.15, 0.2) is 0 Å². The van der Waals surface area contributed by atoms with E-state index in [2.05, 4.69) is 5.32 Å². The summed E-state index contributed by atoms with van der Waals surface area (Å²) in [4.78, 5) is 24.2. The van der Waals surface area contributed by atoms with Crippen LogP contribution in [0.1, 0.15) is 27.7 Å². The third-order valence-electron chi connectivity index (χ3n) is 2.39. The Labute approximate surface area is 96.8 Å². The summed E-state index contributed by atoms with van der Waals surface area (Å²) in [6, 6.07) is 0. The number of carbonyl (C=O) groups excluding carboxylic acids is 1. The lowest BCUT2D eigenvalue weighted by atomic mass is 9.93. The van der Waals surface area contributed by atoms with Crippen molar-refractivity contribution in [1.82, 2.24) is 10.2 Å². The Morgan fingerprint density at radius 3 is 2.25 bits per heavy atom. The molecule has 0 aliphatic heterocycles. The average molecular weight is 230 g/mol. The molecule has 0 aromatic heterocycles. The lowest BCUT2D eigenvalue weighted by Crippen LogP contribution is -2.44. The maximum atomic E-state index is 11.4. The molecule has 0 atom stereocenters.